The number of pyridine rings is 1. The zero-order chi connectivity index (χ0) is 20.0. The Morgan fingerprint density at radius 2 is 1.97 bits per heavy atom. The Hall–Kier alpha value is -3.22. The number of ether oxygens (including phenoxy) is 1. The van der Waals surface area contributed by atoms with Crippen LogP contribution < -0.4 is 10.3 Å². The van der Waals surface area contributed by atoms with Gasteiger partial charge in [-0.2, -0.15) is 14.6 Å². The topological polar surface area (TPSA) is 74.3 Å². The zero-order valence-electron chi connectivity index (χ0n) is 16.6. The van der Waals surface area contributed by atoms with E-state index in [-0.39, 0.29) is 11.6 Å². The molecule has 7 heteroatoms. The lowest BCUT2D eigenvalue weighted by Gasteiger charge is -2.30. The van der Waals surface area contributed by atoms with Gasteiger partial charge in [-0.05, 0) is 37.0 Å². The van der Waals surface area contributed by atoms with E-state index in [9.17, 15) is 4.79 Å². The van der Waals surface area contributed by atoms with Gasteiger partial charge < -0.3 is 9.30 Å². The summed E-state index contributed by atoms with van der Waals surface area (Å²) in [5.41, 5.74) is 2.05. The maximum absolute atomic E-state index is 13.8. The monoisotopic (exact) mass is 389 g/mol. The van der Waals surface area contributed by atoms with Crippen molar-refractivity contribution >= 4 is 16.7 Å². The molecule has 0 bridgehead atoms. The molecule has 0 radical (unpaired) electrons. The zero-order valence-corrected chi connectivity index (χ0v) is 16.6. The summed E-state index contributed by atoms with van der Waals surface area (Å²) in [4.78, 5) is 22.6. The van der Waals surface area contributed by atoms with Crippen molar-refractivity contribution in [1.82, 2.24) is 24.1 Å². The van der Waals surface area contributed by atoms with Crippen molar-refractivity contribution in [2.45, 2.75) is 38.6 Å². The van der Waals surface area contributed by atoms with Crippen LogP contribution in [0, 0.1) is 5.92 Å². The van der Waals surface area contributed by atoms with Crippen molar-refractivity contribution in [1.29, 1.82) is 0 Å². The summed E-state index contributed by atoms with van der Waals surface area (Å²) in [5.74, 6) is 1.61. The molecule has 7 nitrogen and oxygen atoms in total. The molecule has 3 heterocycles. The quantitative estimate of drug-likeness (QED) is 0.532. The number of benzene rings is 1. The van der Waals surface area contributed by atoms with Gasteiger partial charge in [-0.15, -0.1) is 0 Å². The van der Waals surface area contributed by atoms with Gasteiger partial charge in [0.05, 0.1) is 23.7 Å². The lowest BCUT2D eigenvalue weighted by Crippen LogP contribution is -2.31. The van der Waals surface area contributed by atoms with Crippen molar-refractivity contribution < 1.29 is 4.74 Å². The van der Waals surface area contributed by atoms with Crippen LogP contribution in [0.25, 0.3) is 27.9 Å². The molecule has 0 aliphatic heterocycles. The second kappa shape index (κ2) is 6.99. The van der Waals surface area contributed by atoms with Gasteiger partial charge in [-0.1, -0.05) is 31.9 Å². The van der Waals surface area contributed by atoms with Gasteiger partial charge >= 0.3 is 0 Å². The highest BCUT2D eigenvalue weighted by Gasteiger charge is 2.26. The lowest BCUT2D eigenvalue weighted by atomic mass is 9.85. The summed E-state index contributed by atoms with van der Waals surface area (Å²) < 4.78 is 9.12. The Bertz CT molecular complexity index is 1260. The molecule has 1 aliphatic rings. The molecule has 1 aliphatic carbocycles. The van der Waals surface area contributed by atoms with Gasteiger partial charge in [0.15, 0.2) is 0 Å². The molecule has 148 valence electrons. The van der Waals surface area contributed by atoms with Gasteiger partial charge in [0.2, 0.25) is 0 Å². The van der Waals surface area contributed by atoms with Crippen molar-refractivity contribution in [2.24, 2.45) is 5.92 Å². The Morgan fingerprint density at radius 1 is 1.14 bits per heavy atom. The Morgan fingerprint density at radius 3 is 2.79 bits per heavy atom. The van der Waals surface area contributed by atoms with Crippen molar-refractivity contribution in [2.75, 3.05) is 7.11 Å². The molecule has 1 fully saturated rings. The first-order chi connectivity index (χ1) is 14.2. The largest absolute Gasteiger partial charge is 0.496 e. The number of hydrogen-bond donors (Lipinski definition) is 0. The number of rotatable bonds is 3. The van der Waals surface area contributed by atoms with Gasteiger partial charge in [-0.3, -0.25) is 4.79 Å². The average molecular weight is 389 g/mol. The number of fused-ring (bicyclic) bond motifs is 2. The number of nitrogens with zero attached hydrogens (tertiary/aromatic N) is 5. The van der Waals surface area contributed by atoms with Gasteiger partial charge in [-0.25, -0.2) is 4.98 Å². The van der Waals surface area contributed by atoms with Gasteiger partial charge in [0.25, 0.3) is 11.3 Å². The third-order valence-electron chi connectivity index (χ3n) is 6.08. The van der Waals surface area contributed by atoms with E-state index in [0.717, 1.165) is 24.8 Å². The van der Waals surface area contributed by atoms with E-state index in [4.69, 9.17) is 4.74 Å². The minimum atomic E-state index is -0.0351. The van der Waals surface area contributed by atoms with E-state index in [1.54, 1.807) is 11.6 Å². The number of para-hydroxylation sites is 1. The van der Waals surface area contributed by atoms with E-state index in [1.807, 2.05) is 41.1 Å². The molecule has 0 unspecified atom stereocenters. The van der Waals surface area contributed by atoms with Gasteiger partial charge in [0.1, 0.15) is 12.1 Å². The smallest absolute Gasteiger partial charge is 0.262 e. The van der Waals surface area contributed by atoms with Crippen LogP contribution in [0.5, 0.6) is 5.75 Å². The van der Waals surface area contributed by atoms with Crippen molar-refractivity contribution in [3.05, 3.63) is 53.2 Å². The van der Waals surface area contributed by atoms with Crippen LogP contribution >= 0.6 is 0 Å². The Balaban J connectivity index is 1.87. The first kappa shape index (κ1) is 17.8. The van der Waals surface area contributed by atoms with Crippen LogP contribution in [0.2, 0.25) is 0 Å². The molecule has 0 amide bonds. The van der Waals surface area contributed by atoms with E-state index < -0.39 is 0 Å². The molecule has 29 heavy (non-hydrogen) atoms. The highest BCUT2D eigenvalue weighted by atomic mass is 16.5. The average Bonchev–Trinajstić information content (AvgIpc) is 3.21. The molecule has 0 N–H and O–H groups in total. The number of hydrogen-bond acceptors (Lipinski definition) is 5. The summed E-state index contributed by atoms with van der Waals surface area (Å²) in [6.07, 6.45) is 7.90. The fraction of sp³-hybridized carbons (Fsp3) is 0.364. The maximum atomic E-state index is 13.8. The number of methoxy groups -OCH3 is 1. The summed E-state index contributed by atoms with van der Waals surface area (Å²) in [6, 6.07) is 9.79. The normalized spacial score (nSPS) is 19.7. The van der Waals surface area contributed by atoms with Crippen LogP contribution in [-0.4, -0.2) is 31.3 Å². The molecule has 5 rings (SSSR count). The van der Waals surface area contributed by atoms with Crippen LogP contribution in [0.15, 0.2) is 47.7 Å². The molecule has 1 saturated carbocycles. The van der Waals surface area contributed by atoms with E-state index in [2.05, 4.69) is 22.0 Å². The number of aromatic nitrogens is 5. The van der Waals surface area contributed by atoms with Crippen molar-refractivity contribution in [3.63, 3.8) is 0 Å². The molecule has 0 saturated heterocycles. The fourth-order valence-electron chi connectivity index (χ4n) is 4.60. The highest BCUT2D eigenvalue weighted by molar-refractivity contribution is 5.94. The molecular weight excluding hydrogens is 366 g/mol. The van der Waals surface area contributed by atoms with E-state index in [1.165, 1.54) is 12.7 Å². The first-order valence-corrected chi connectivity index (χ1v) is 10.1. The Kier molecular flexibility index (Phi) is 4.30. The highest BCUT2D eigenvalue weighted by Crippen LogP contribution is 2.35. The predicted molar refractivity (Wildman–Crippen MR) is 111 cm³/mol. The maximum Gasteiger partial charge on any atom is 0.262 e. The van der Waals surface area contributed by atoms with Crippen molar-refractivity contribution in [3.8, 4) is 17.0 Å². The standard InChI is InChI=1S/C22H23N5O2/c1-14-7-3-5-9-17(14)26-12-11-16-19(21(26)28)20(27-22(25-16)23-13-24-27)15-8-4-6-10-18(15)29-2/h4,6,8,10-14,17H,3,5,7,9H2,1-2H3/t14-,17+/m1/s1. The molecule has 3 aromatic heterocycles. The molecule has 4 aromatic rings. The molecule has 0 spiro atoms. The van der Waals surface area contributed by atoms with Crippen LogP contribution in [-0.2, 0) is 0 Å². The predicted octanol–water partition coefficient (Wildman–Crippen LogP) is 3.87. The lowest BCUT2D eigenvalue weighted by molar-refractivity contribution is 0.253. The summed E-state index contributed by atoms with van der Waals surface area (Å²) in [7, 11) is 1.63. The van der Waals surface area contributed by atoms with Crippen LogP contribution in [0.3, 0.4) is 0 Å². The second-order valence-corrected chi connectivity index (χ2v) is 7.75. The van der Waals surface area contributed by atoms with Crippen LogP contribution in [0.4, 0.5) is 0 Å². The summed E-state index contributed by atoms with van der Waals surface area (Å²) in [5, 5.41) is 4.91. The minimum absolute atomic E-state index is 0.0351. The van der Waals surface area contributed by atoms with Gasteiger partial charge in [0, 0.05) is 17.8 Å². The summed E-state index contributed by atoms with van der Waals surface area (Å²) >= 11 is 0. The molecule has 2 atom stereocenters. The van der Waals surface area contributed by atoms with E-state index >= 15 is 0 Å². The Labute approximate surface area is 168 Å². The fourth-order valence-corrected chi connectivity index (χ4v) is 4.60. The SMILES string of the molecule is COc1ccccc1-c1c2c(=O)n([C@H]3CCCC[C@H]3C)ccc2nc2ncnn12. The first-order valence-electron chi connectivity index (χ1n) is 10.1. The molecule has 1 aromatic carbocycles. The summed E-state index contributed by atoms with van der Waals surface area (Å²) in [6.45, 7) is 2.24. The molecular formula is C22H23N5O2. The third-order valence-corrected chi connectivity index (χ3v) is 6.08. The van der Waals surface area contributed by atoms with E-state index in [0.29, 0.717) is 34.0 Å². The second-order valence-electron chi connectivity index (χ2n) is 7.75. The third kappa shape index (κ3) is 2.80. The van der Waals surface area contributed by atoms with Crippen LogP contribution in [0.1, 0.15) is 38.6 Å². The minimum Gasteiger partial charge on any atom is -0.496 e.